The third-order valence-electron chi connectivity index (χ3n) is 5.35. The summed E-state index contributed by atoms with van der Waals surface area (Å²) < 4.78 is 5.82. The Morgan fingerprint density at radius 3 is 2.36 bits per heavy atom. The van der Waals surface area contributed by atoms with E-state index < -0.39 is 17.7 Å². The van der Waals surface area contributed by atoms with Gasteiger partial charge in [0.25, 0.3) is 5.78 Å². The van der Waals surface area contributed by atoms with Crippen molar-refractivity contribution < 1.29 is 19.4 Å². The van der Waals surface area contributed by atoms with Crippen molar-refractivity contribution in [3.63, 3.8) is 0 Å². The number of aliphatic hydroxyl groups is 1. The maximum absolute atomic E-state index is 13.2. The van der Waals surface area contributed by atoms with E-state index in [4.69, 9.17) is 4.74 Å². The molecule has 1 unspecified atom stereocenters. The largest absolute Gasteiger partial charge is 0.507 e. The Bertz CT molecular complexity index is 1230. The van der Waals surface area contributed by atoms with Crippen molar-refractivity contribution in [3.05, 3.63) is 88.6 Å². The van der Waals surface area contributed by atoms with Gasteiger partial charge >= 0.3 is 5.91 Å². The normalized spacial score (nSPS) is 17.6. The second kappa shape index (κ2) is 8.86. The van der Waals surface area contributed by atoms with Gasteiger partial charge in [-0.25, -0.2) is 0 Å². The van der Waals surface area contributed by atoms with Gasteiger partial charge in [-0.1, -0.05) is 42.0 Å². The number of nitrogens with zero attached hydrogens (tertiary/aromatic N) is 3. The molecule has 4 rings (SSSR count). The van der Waals surface area contributed by atoms with E-state index in [0.29, 0.717) is 22.6 Å². The van der Waals surface area contributed by atoms with Crippen LogP contribution in [0.1, 0.15) is 42.3 Å². The molecule has 7 nitrogen and oxygen atoms in total. The van der Waals surface area contributed by atoms with E-state index in [9.17, 15) is 14.7 Å². The Hall–Kier alpha value is -4.00. The molecule has 1 aliphatic rings. The molecule has 33 heavy (non-hydrogen) atoms. The Kier molecular flexibility index (Phi) is 5.96. The molecule has 2 heterocycles. The average molecular weight is 444 g/mol. The molecule has 1 aliphatic heterocycles. The van der Waals surface area contributed by atoms with Crippen molar-refractivity contribution in [2.75, 3.05) is 4.90 Å². The molecule has 0 spiro atoms. The first kappa shape index (κ1) is 22.2. The first-order chi connectivity index (χ1) is 15.8. The lowest BCUT2D eigenvalue weighted by atomic mass is 9.95. The molecule has 0 aliphatic carbocycles. The van der Waals surface area contributed by atoms with Crippen molar-refractivity contribution >= 4 is 23.3 Å². The number of aromatic nitrogens is 2. The standard InChI is InChI=1S/C26H25N3O4/c1-15(2)33-20-7-5-6-19(14-20)23-22(24(30)18-11-8-16(3)9-12-18)25(31)26(32)29(23)21-13-10-17(4)27-28-21/h5-15,23,30H,1-4H3. The number of ketones is 1. The fourth-order valence-corrected chi connectivity index (χ4v) is 3.80. The van der Waals surface area contributed by atoms with Gasteiger partial charge in [-0.05, 0) is 57.5 Å². The molecule has 0 bridgehead atoms. The van der Waals surface area contributed by atoms with Gasteiger partial charge in [0.15, 0.2) is 5.82 Å². The third-order valence-corrected chi connectivity index (χ3v) is 5.35. The van der Waals surface area contributed by atoms with Gasteiger partial charge in [0, 0.05) is 5.56 Å². The lowest BCUT2D eigenvalue weighted by Crippen LogP contribution is -2.30. The topological polar surface area (TPSA) is 92.6 Å². The van der Waals surface area contributed by atoms with Gasteiger partial charge < -0.3 is 9.84 Å². The lowest BCUT2D eigenvalue weighted by molar-refractivity contribution is -0.132. The maximum atomic E-state index is 13.2. The number of anilines is 1. The van der Waals surface area contributed by atoms with Crippen molar-refractivity contribution in [1.29, 1.82) is 0 Å². The molecule has 1 fully saturated rings. The molecule has 1 amide bonds. The summed E-state index contributed by atoms with van der Waals surface area (Å²) in [6.07, 6.45) is -0.0536. The highest BCUT2D eigenvalue weighted by Gasteiger charge is 2.47. The number of amides is 1. The van der Waals surface area contributed by atoms with Gasteiger partial charge in [0.1, 0.15) is 11.5 Å². The highest BCUT2D eigenvalue weighted by molar-refractivity contribution is 6.51. The van der Waals surface area contributed by atoms with Crippen LogP contribution >= 0.6 is 0 Å². The molecular weight excluding hydrogens is 418 g/mol. The van der Waals surface area contributed by atoms with Crippen LogP contribution in [-0.4, -0.2) is 33.1 Å². The van der Waals surface area contributed by atoms with Crippen molar-refractivity contribution in [3.8, 4) is 5.75 Å². The molecule has 168 valence electrons. The molecule has 3 aromatic rings. The summed E-state index contributed by atoms with van der Waals surface area (Å²) in [5, 5.41) is 19.4. The van der Waals surface area contributed by atoms with E-state index in [0.717, 1.165) is 5.56 Å². The second-order valence-corrected chi connectivity index (χ2v) is 8.31. The minimum atomic E-state index is -0.890. The van der Waals surface area contributed by atoms with E-state index in [-0.39, 0.29) is 23.3 Å². The SMILES string of the molecule is Cc1ccc(C(O)=C2C(=O)C(=O)N(c3ccc(C)nn3)C2c2cccc(OC(C)C)c2)cc1. The highest BCUT2D eigenvalue weighted by Crippen LogP contribution is 2.42. The van der Waals surface area contributed by atoms with Crippen LogP contribution < -0.4 is 9.64 Å². The summed E-state index contributed by atoms with van der Waals surface area (Å²) in [6, 6.07) is 16.7. The van der Waals surface area contributed by atoms with Crippen LogP contribution in [0, 0.1) is 13.8 Å². The van der Waals surface area contributed by atoms with E-state index in [1.807, 2.05) is 32.9 Å². The number of carbonyl (C=O) groups is 2. The summed E-state index contributed by atoms with van der Waals surface area (Å²) >= 11 is 0. The molecule has 2 aromatic carbocycles. The second-order valence-electron chi connectivity index (χ2n) is 8.31. The monoisotopic (exact) mass is 443 g/mol. The molecule has 1 atom stereocenters. The molecular formula is C26H25N3O4. The summed E-state index contributed by atoms with van der Waals surface area (Å²) in [5.41, 5.74) is 2.75. The number of Topliss-reactive ketones (excluding diaryl/α,β-unsaturated/α-hetero) is 1. The fraction of sp³-hybridized carbons (Fsp3) is 0.231. The van der Waals surface area contributed by atoms with E-state index >= 15 is 0 Å². The number of rotatable bonds is 5. The first-order valence-corrected chi connectivity index (χ1v) is 10.7. The number of aliphatic hydroxyl groups excluding tert-OH is 1. The number of hydrogen-bond donors (Lipinski definition) is 1. The van der Waals surface area contributed by atoms with Crippen LogP contribution in [-0.2, 0) is 9.59 Å². The fourth-order valence-electron chi connectivity index (χ4n) is 3.80. The van der Waals surface area contributed by atoms with E-state index in [1.54, 1.807) is 55.5 Å². The third kappa shape index (κ3) is 4.35. The number of aryl methyl sites for hydroxylation is 2. The molecule has 1 aromatic heterocycles. The molecule has 0 saturated carbocycles. The number of carbonyl (C=O) groups excluding carboxylic acids is 2. The van der Waals surface area contributed by atoms with Crippen LogP contribution in [0.3, 0.4) is 0 Å². The zero-order chi connectivity index (χ0) is 23.7. The minimum absolute atomic E-state index is 0.00655. The molecule has 0 radical (unpaired) electrons. The Morgan fingerprint density at radius 1 is 1.00 bits per heavy atom. The summed E-state index contributed by atoms with van der Waals surface area (Å²) in [7, 11) is 0. The zero-order valence-electron chi connectivity index (χ0n) is 18.9. The quantitative estimate of drug-likeness (QED) is 0.354. The predicted octanol–water partition coefficient (Wildman–Crippen LogP) is 4.51. The minimum Gasteiger partial charge on any atom is -0.507 e. The van der Waals surface area contributed by atoms with Gasteiger partial charge in [-0.3, -0.25) is 14.5 Å². The van der Waals surface area contributed by atoms with Crippen LogP contribution in [0.5, 0.6) is 5.75 Å². The summed E-state index contributed by atoms with van der Waals surface area (Å²) in [6.45, 7) is 7.54. The van der Waals surface area contributed by atoms with E-state index in [1.165, 1.54) is 4.90 Å². The summed E-state index contributed by atoms with van der Waals surface area (Å²) in [5.74, 6) is -0.974. The van der Waals surface area contributed by atoms with Crippen molar-refractivity contribution in [1.82, 2.24) is 10.2 Å². The van der Waals surface area contributed by atoms with Crippen LogP contribution in [0.4, 0.5) is 5.82 Å². The smallest absolute Gasteiger partial charge is 0.301 e. The van der Waals surface area contributed by atoms with E-state index in [2.05, 4.69) is 10.2 Å². The number of benzene rings is 2. The van der Waals surface area contributed by atoms with Crippen molar-refractivity contribution in [2.24, 2.45) is 0 Å². The Balaban J connectivity index is 1.92. The predicted molar refractivity (Wildman–Crippen MR) is 125 cm³/mol. The zero-order valence-corrected chi connectivity index (χ0v) is 18.9. The van der Waals surface area contributed by atoms with Crippen LogP contribution in [0.15, 0.2) is 66.2 Å². The molecule has 7 heteroatoms. The average Bonchev–Trinajstić information content (AvgIpc) is 3.05. The van der Waals surface area contributed by atoms with Crippen molar-refractivity contribution in [2.45, 2.75) is 39.8 Å². The Morgan fingerprint density at radius 2 is 1.73 bits per heavy atom. The lowest BCUT2D eigenvalue weighted by Gasteiger charge is -2.24. The maximum Gasteiger partial charge on any atom is 0.301 e. The number of hydrogen-bond acceptors (Lipinski definition) is 6. The number of ether oxygens (including phenoxy) is 1. The highest BCUT2D eigenvalue weighted by atomic mass is 16.5. The Labute approximate surface area is 192 Å². The van der Waals surface area contributed by atoms with Gasteiger partial charge in [-0.15, -0.1) is 5.10 Å². The molecule has 1 saturated heterocycles. The summed E-state index contributed by atoms with van der Waals surface area (Å²) in [4.78, 5) is 27.6. The van der Waals surface area contributed by atoms with Gasteiger partial charge in [0.2, 0.25) is 0 Å². The first-order valence-electron chi connectivity index (χ1n) is 10.7. The van der Waals surface area contributed by atoms with Gasteiger partial charge in [0.05, 0.1) is 23.4 Å². The van der Waals surface area contributed by atoms with Gasteiger partial charge in [-0.2, -0.15) is 5.10 Å². The van der Waals surface area contributed by atoms with Crippen LogP contribution in [0.2, 0.25) is 0 Å². The van der Waals surface area contributed by atoms with Crippen LogP contribution in [0.25, 0.3) is 5.76 Å². The molecule has 1 N–H and O–H groups in total.